The molecule has 0 N–H and O–H groups in total. The summed E-state index contributed by atoms with van der Waals surface area (Å²) in [5.74, 6) is 5.45. The molecular weight excluding hydrogens is 312 g/mol. The maximum absolute atomic E-state index is 4.17. The van der Waals surface area contributed by atoms with Gasteiger partial charge >= 0.3 is 0 Å². The number of hydrogen-bond acceptors (Lipinski definition) is 0. The van der Waals surface area contributed by atoms with Gasteiger partial charge in [-0.1, -0.05) is 70.6 Å². The van der Waals surface area contributed by atoms with E-state index in [-0.39, 0.29) is 5.41 Å². The Morgan fingerprint density at radius 2 is 1.88 bits per heavy atom. The van der Waals surface area contributed by atoms with Gasteiger partial charge in [0.25, 0.3) is 0 Å². The Bertz CT molecular complexity index is 702. The van der Waals surface area contributed by atoms with Crippen LogP contribution in [0.15, 0.2) is 48.1 Å². The van der Waals surface area contributed by atoms with Gasteiger partial charge in [0.2, 0.25) is 0 Å². The zero-order valence-electron chi connectivity index (χ0n) is 17.0. The van der Waals surface area contributed by atoms with E-state index in [9.17, 15) is 0 Å². The number of rotatable bonds is 3. The van der Waals surface area contributed by atoms with Crippen molar-refractivity contribution >= 4 is 0 Å². The molecule has 0 heteroatoms. The largest absolute Gasteiger partial charge is 0.0918 e. The highest BCUT2D eigenvalue weighted by Gasteiger charge is 2.58. The third kappa shape index (κ3) is 2.40. The molecule has 3 fully saturated rings. The van der Waals surface area contributed by atoms with Crippen molar-refractivity contribution in [1.82, 2.24) is 0 Å². The highest BCUT2D eigenvalue weighted by Crippen LogP contribution is 2.66. The van der Waals surface area contributed by atoms with Gasteiger partial charge in [-0.25, -0.2) is 0 Å². The molecule has 3 saturated carbocycles. The highest BCUT2D eigenvalue weighted by molar-refractivity contribution is 5.48. The Morgan fingerprint density at radius 1 is 1.08 bits per heavy atom. The van der Waals surface area contributed by atoms with Crippen molar-refractivity contribution in [1.29, 1.82) is 0 Å². The molecule has 26 heavy (non-hydrogen) atoms. The number of hydrogen-bond donors (Lipinski definition) is 0. The molecule has 7 atom stereocenters. The molecule has 0 radical (unpaired) electrons. The minimum Gasteiger partial charge on any atom is -0.0918 e. The van der Waals surface area contributed by atoms with Crippen LogP contribution in [0.3, 0.4) is 0 Å². The Balaban J connectivity index is 1.44. The molecule has 0 amide bonds. The molecule has 0 aliphatic heterocycles. The normalized spacial score (nSPS) is 47.8. The summed E-state index contributed by atoms with van der Waals surface area (Å²) in [5, 5.41) is 0. The lowest BCUT2D eigenvalue weighted by molar-refractivity contribution is -0.0125. The van der Waals surface area contributed by atoms with Crippen LogP contribution in [0.2, 0.25) is 0 Å². The van der Waals surface area contributed by atoms with Gasteiger partial charge in [-0.3, -0.25) is 0 Å². The second-order valence-electron chi connectivity index (χ2n) is 10.8. The minimum atomic E-state index is 0.236. The van der Waals surface area contributed by atoms with Crippen molar-refractivity contribution in [3.05, 3.63) is 48.1 Å². The predicted octanol–water partition coefficient (Wildman–Crippen LogP) is 7.11. The van der Waals surface area contributed by atoms with Crippen LogP contribution in [0, 0.1) is 46.3 Å². The molecule has 0 aromatic carbocycles. The van der Waals surface area contributed by atoms with E-state index in [1.54, 1.807) is 0 Å². The molecule has 5 rings (SSSR count). The highest BCUT2D eigenvalue weighted by atomic mass is 14.6. The van der Waals surface area contributed by atoms with Gasteiger partial charge in [0.15, 0.2) is 0 Å². The molecule has 140 valence electrons. The molecule has 0 spiro atoms. The Kier molecular flexibility index (Phi) is 3.76. The second-order valence-corrected chi connectivity index (χ2v) is 10.8. The van der Waals surface area contributed by atoms with Crippen LogP contribution in [0.5, 0.6) is 0 Å². The third-order valence-electron chi connectivity index (χ3n) is 9.37. The Labute approximate surface area is 160 Å². The summed E-state index contributed by atoms with van der Waals surface area (Å²) in [6, 6.07) is 0. The standard InChI is InChI=1S/C26H36/c1-17-11-13-25(3)20(15-17)7-8-21-23-10-9-22(18(2)16-19-5-6-19)26(23,4)14-12-24(21)25/h7-8,11,13,15,18-19,21-24H,1,5-6,9-10,12,14,16H2,2-4H3/t18-,21?,22?,23?,24?,25?,26?/m1/s1. The SMILES string of the molecule is C=C1C=CC2(C)C(=C1)C=CC1C2CCC2(C)C1CCC2[C@H](C)CC1CC1. The van der Waals surface area contributed by atoms with Crippen molar-refractivity contribution in [2.24, 2.45) is 46.3 Å². The van der Waals surface area contributed by atoms with Gasteiger partial charge in [0.1, 0.15) is 0 Å². The van der Waals surface area contributed by atoms with Gasteiger partial charge < -0.3 is 0 Å². The molecule has 5 aliphatic rings. The molecular formula is C26H36. The van der Waals surface area contributed by atoms with E-state index < -0.39 is 0 Å². The van der Waals surface area contributed by atoms with Crippen LogP contribution in [0.1, 0.15) is 65.7 Å². The van der Waals surface area contributed by atoms with Gasteiger partial charge in [0.05, 0.1) is 0 Å². The lowest BCUT2D eigenvalue weighted by atomic mass is 9.49. The van der Waals surface area contributed by atoms with Gasteiger partial charge in [-0.05, 0) is 84.2 Å². The maximum Gasteiger partial charge on any atom is 0.0141 e. The maximum atomic E-state index is 4.17. The van der Waals surface area contributed by atoms with Crippen LogP contribution >= 0.6 is 0 Å². The molecule has 5 aliphatic carbocycles. The van der Waals surface area contributed by atoms with E-state index in [4.69, 9.17) is 0 Å². The summed E-state index contributed by atoms with van der Waals surface area (Å²) in [4.78, 5) is 0. The molecule has 0 aromatic heterocycles. The van der Waals surface area contributed by atoms with E-state index >= 15 is 0 Å². The fourth-order valence-electron chi connectivity index (χ4n) is 7.74. The van der Waals surface area contributed by atoms with E-state index in [1.165, 1.54) is 50.5 Å². The van der Waals surface area contributed by atoms with Crippen LogP contribution in [-0.4, -0.2) is 0 Å². The van der Waals surface area contributed by atoms with Crippen LogP contribution in [0.4, 0.5) is 0 Å². The first-order valence-corrected chi connectivity index (χ1v) is 11.2. The monoisotopic (exact) mass is 348 g/mol. The third-order valence-corrected chi connectivity index (χ3v) is 9.37. The van der Waals surface area contributed by atoms with Crippen LogP contribution in [0.25, 0.3) is 0 Å². The number of fused-ring (bicyclic) bond motifs is 5. The van der Waals surface area contributed by atoms with E-state index in [2.05, 4.69) is 57.7 Å². The van der Waals surface area contributed by atoms with Crippen molar-refractivity contribution in [3.8, 4) is 0 Å². The van der Waals surface area contributed by atoms with Crippen molar-refractivity contribution in [2.45, 2.75) is 65.7 Å². The quantitative estimate of drug-likeness (QED) is 0.510. The smallest absolute Gasteiger partial charge is 0.0141 e. The molecule has 0 nitrogen and oxygen atoms in total. The average Bonchev–Trinajstić information content (AvgIpc) is 3.34. The summed E-state index contributed by atoms with van der Waals surface area (Å²) >= 11 is 0. The van der Waals surface area contributed by atoms with Crippen LogP contribution in [-0.2, 0) is 0 Å². The van der Waals surface area contributed by atoms with Crippen molar-refractivity contribution in [3.63, 3.8) is 0 Å². The Hall–Kier alpha value is -1.04. The summed E-state index contributed by atoms with van der Waals surface area (Å²) in [6.07, 6.45) is 22.5. The first-order valence-electron chi connectivity index (χ1n) is 11.2. The van der Waals surface area contributed by atoms with Crippen LogP contribution < -0.4 is 0 Å². The summed E-state index contributed by atoms with van der Waals surface area (Å²) < 4.78 is 0. The van der Waals surface area contributed by atoms with E-state index in [1.807, 2.05) is 0 Å². The summed E-state index contributed by atoms with van der Waals surface area (Å²) in [7, 11) is 0. The second kappa shape index (κ2) is 5.73. The zero-order chi connectivity index (χ0) is 18.1. The molecule has 6 unspecified atom stereocenters. The zero-order valence-corrected chi connectivity index (χ0v) is 17.0. The lowest BCUT2D eigenvalue weighted by Crippen LogP contribution is -2.48. The minimum absolute atomic E-state index is 0.236. The van der Waals surface area contributed by atoms with Gasteiger partial charge in [0, 0.05) is 5.41 Å². The fraction of sp³-hybridized carbons (Fsp3) is 0.692. The summed E-state index contributed by atoms with van der Waals surface area (Å²) in [6.45, 7) is 11.9. The topological polar surface area (TPSA) is 0 Å². The van der Waals surface area contributed by atoms with E-state index in [0.29, 0.717) is 5.41 Å². The molecule has 0 saturated heterocycles. The van der Waals surface area contributed by atoms with Crippen molar-refractivity contribution < 1.29 is 0 Å². The van der Waals surface area contributed by atoms with Crippen molar-refractivity contribution in [2.75, 3.05) is 0 Å². The number of allylic oxidation sites excluding steroid dienone is 7. The molecule has 0 aromatic rings. The average molecular weight is 349 g/mol. The van der Waals surface area contributed by atoms with Gasteiger partial charge in [-0.2, -0.15) is 0 Å². The van der Waals surface area contributed by atoms with E-state index in [0.717, 1.165) is 41.1 Å². The fourth-order valence-corrected chi connectivity index (χ4v) is 7.74. The van der Waals surface area contributed by atoms with Gasteiger partial charge in [-0.15, -0.1) is 0 Å². The molecule has 0 heterocycles. The summed E-state index contributed by atoms with van der Waals surface area (Å²) in [5.41, 5.74) is 3.49. The Morgan fingerprint density at radius 3 is 2.65 bits per heavy atom. The lowest BCUT2D eigenvalue weighted by Gasteiger charge is -2.55. The molecule has 0 bridgehead atoms. The first kappa shape index (κ1) is 17.1. The first-order chi connectivity index (χ1) is 12.4. The predicted molar refractivity (Wildman–Crippen MR) is 111 cm³/mol.